The molecule has 1 aromatic carbocycles. The fourth-order valence-electron chi connectivity index (χ4n) is 2.81. The van der Waals surface area contributed by atoms with Crippen molar-refractivity contribution in [2.45, 2.75) is 32.3 Å². The summed E-state index contributed by atoms with van der Waals surface area (Å²) in [6, 6.07) is 8.97. The van der Waals surface area contributed by atoms with Crippen LogP contribution in [-0.4, -0.2) is 28.9 Å². The largest absolute Gasteiger partial charge is 0.490 e. The van der Waals surface area contributed by atoms with Crippen molar-refractivity contribution in [3.8, 4) is 11.8 Å². The lowest BCUT2D eigenvalue weighted by Gasteiger charge is -2.22. The third-order valence-electron chi connectivity index (χ3n) is 4.12. The van der Waals surface area contributed by atoms with Gasteiger partial charge < -0.3 is 9.47 Å². The number of benzene rings is 1. The van der Waals surface area contributed by atoms with Crippen LogP contribution >= 0.6 is 0 Å². The predicted octanol–water partition coefficient (Wildman–Crippen LogP) is 2.40. The first-order chi connectivity index (χ1) is 11.7. The van der Waals surface area contributed by atoms with Gasteiger partial charge in [0.15, 0.2) is 0 Å². The van der Waals surface area contributed by atoms with E-state index in [4.69, 9.17) is 14.7 Å². The van der Waals surface area contributed by atoms with Crippen molar-refractivity contribution in [2.75, 3.05) is 6.61 Å². The van der Waals surface area contributed by atoms with E-state index in [1.807, 2.05) is 6.20 Å². The molecule has 1 heterocycles. The standard InChI is InChI=1S/C18H19N3O3/c1-12(11-23-16-4-2-3-13(7-16)9-19)24-18(22)14-5-6-15-10-20-21-17(15)8-14/h2-4,7,10,12,14H,5-6,8,11H2,1H3,(H,20,21)/t12-,14+/m1/s1. The lowest BCUT2D eigenvalue weighted by atomic mass is 9.88. The molecule has 2 atom stereocenters. The van der Waals surface area contributed by atoms with Crippen LogP contribution in [0, 0.1) is 17.2 Å². The highest BCUT2D eigenvalue weighted by Gasteiger charge is 2.28. The van der Waals surface area contributed by atoms with Gasteiger partial charge in [0.1, 0.15) is 18.5 Å². The van der Waals surface area contributed by atoms with E-state index < -0.39 is 0 Å². The SMILES string of the molecule is C[C@H](COc1cccc(C#N)c1)OC(=O)[C@H]1CCc2cn[nH]c2C1. The predicted molar refractivity (Wildman–Crippen MR) is 86.3 cm³/mol. The van der Waals surface area contributed by atoms with Crippen LogP contribution in [0.1, 0.15) is 30.2 Å². The molecule has 0 aliphatic heterocycles. The molecular formula is C18H19N3O3. The minimum Gasteiger partial charge on any atom is -0.490 e. The average molecular weight is 325 g/mol. The molecule has 0 radical (unpaired) electrons. The highest BCUT2D eigenvalue weighted by molar-refractivity contribution is 5.73. The van der Waals surface area contributed by atoms with E-state index in [1.54, 1.807) is 31.2 Å². The summed E-state index contributed by atoms with van der Waals surface area (Å²) in [7, 11) is 0. The average Bonchev–Trinajstić information content (AvgIpc) is 3.07. The number of H-pyrrole nitrogens is 1. The minimum absolute atomic E-state index is 0.137. The zero-order chi connectivity index (χ0) is 16.9. The number of aryl methyl sites for hydroxylation is 1. The molecule has 0 unspecified atom stereocenters. The second kappa shape index (κ2) is 7.18. The van der Waals surface area contributed by atoms with Gasteiger partial charge >= 0.3 is 5.97 Å². The number of fused-ring (bicyclic) bond motifs is 1. The third-order valence-corrected chi connectivity index (χ3v) is 4.12. The number of aromatic amines is 1. The van der Waals surface area contributed by atoms with Gasteiger partial charge in [-0.15, -0.1) is 0 Å². The Morgan fingerprint density at radius 1 is 1.54 bits per heavy atom. The van der Waals surface area contributed by atoms with E-state index in [2.05, 4.69) is 16.3 Å². The molecule has 0 spiro atoms. The molecule has 0 amide bonds. The molecule has 6 nitrogen and oxygen atoms in total. The Labute approximate surface area is 140 Å². The third kappa shape index (κ3) is 3.74. The second-order valence-corrected chi connectivity index (χ2v) is 6.01. The van der Waals surface area contributed by atoms with Crippen LogP contribution in [0.4, 0.5) is 0 Å². The van der Waals surface area contributed by atoms with Crippen molar-refractivity contribution in [2.24, 2.45) is 5.92 Å². The molecule has 0 saturated heterocycles. The maximum Gasteiger partial charge on any atom is 0.309 e. The molecule has 0 fully saturated rings. The maximum absolute atomic E-state index is 12.3. The van der Waals surface area contributed by atoms with E-state index in [0.29, 0.717) is 17.7 Å². The Bertz CT molecular complexity index is 763. The lowest BCUT2D eigenvalue weighted by molar-refractivity contribution is -0.155. The monoisotopic (exact) mass is 325 g/mol. The number of nitrogens with one attached hydrogen (secondary N) is 1. The first-order valence-corrected chi connectivity index (χ1v) is 8.00. The number of esters is 1. The van der Waals surface area contributed by atoms with Crippen molar-refractivity contribution in [1.82, 2.24) is 10.2 Å². The molecule has 2 aromatic rings. The van der Waals surface area contributed by atoms with Gasteiger partial charge in [0.25, 0.3) is 0 Å². The smallest absolute Gasteiger partial charge is 0.309 e. The van der Waals surface area contributed by atoms with Crippen molar-refractivity contribution >= 4 is 5.97 Å². The summed E-state index contributed by atoms with van der Waals surface area (Å²) in [5.41, 5.74) is 2.75. The van der Waals surface area contributed by atoms with E-state index in [0.717, 1.165) is 18.5 Å². The molecule has 1 aliphatic rings. The highest BCUT2D eigenvalue weighted by atomic mass is 16.6. The summed E-state index contributed by atoms with van der Waals surface area (Å²) in [5, 5.41) is 15.8. The molecule has 1 aromatic heterocycles. The topological polar surface area (TPSA) is 88.0 Å². The first-order valence-electron chi connectivity index (χ1n) is 8.00. The quantitative estimate of drug-likeness (QED) is 0.853. The Balaban J connectivity index is 1.49. The van der Waals surface area contributed by atoms with E-state index in [1.165, 1.54) is 5.56 Å². The molecule has 24 heavy (non-hydrogen) atoms. The molecule has 0 saturated carbocycles. The number of rotatable bonds is 5. The number of hydrogen-bond donors (Lipinski definition) is 1. The van der Waals surface area contributed by atoms with E-state index in [9.17, 15) is 4.79 Å². The normalized spacial score (nSPS) is 17.4. The first kappa shape index (κ1) is 16.1. The molecule has 3 rings (SSSR count). The summed E-state index contributed by atoms with van der Waals surface area (Å²) in [6.07, 6.45) is 3.74. The van der Waals surface area contributed by atoms with Crippen molar-refractivity contribution < 1.29 is 14.3 Å². The second-order valence-electron chi connectivity index (χ2n) is 6.01. The van der Waals surface area contributed by atoms with Crippen LogP contribution in [0.25, 0.3) is 0 Å². The van der Waals surface area contributed by atoms with E-state index >= 15 is 0 Å². The van der Waals surface area contributed by atoms with Gasteiger partial charge in [-0.1, -0.05) is 6.07 Å². The van der Waals surface area contributed by atoms with Gasteiger partial charge in [0, 0.05) is 12.1 Å². The summed E-state index contributed by atoms with van der Waals surface area (Å²) in [5.74, 6) is 0.260. The summed E-state index contributed by atoms with van der Waals surface area (Å²) in [6.45, 7) is 2.05. The number of carbonyl (C=O) groups excluding carboxylic acids is 1. The molecular weight excluding hydrogens is 306 g/mol. The van der Waals surface area contributed by atoms with Crippen molar-refractivity contribution in [1.29, 1.82) is 5.26 Å². The molecule has 0 bridgehead atoms. The van der Waals surface area contributed by atoms with Gasteiger partial charge in [0.05, 0.1) is 23.7 Å². The number of nitrogens with zero attached hydrogens (tertiary/aromatic N) is 2. The van der Waals surface area contributed by atoms with Crippen LogP contribution in [0.2, 0.25) is 0 Å². The Morgan fingerprint density at radius 2 is 2.42 bits per heavy atom. The van der Waals surface area contributed by atoms with Gasteiger partial charge in [-0.2, -0.15) is 10.4 Å². The Kier molecular flexibility index (Phi) is 4.80. The Morgan fingerprint density at radius 3 is 3.25 bits per heavy atom. The van der Waals surface area contributed by atoms with Crippen LogP contribution in [-0.2, 0) is 22.4 Å². The zero-order valence-electron chi connectivity index (χ0n) is 13.5. The number of carbonyl (C=O) groups is 1. The van der Waals surface area contributed by atoms with Gasteiger partial charge in [-0.3, -0.25) is 9.89 Å². The van der Waals surface area contributed by atoms with E-state index in [-0.39, 0.29) is 24.6 Å². The van der Waals surface area contributed by atoms with Gasteiger partial charge in [-0.05, 0) is 43.5 Å². The molecule has 1 N–H and O–H groups in total. The zero-order valence-corrected chi connectivity index (χ0v) is 13.5. The minimum atomic E-state index is -0.355. The van der Waals surface area contributed by atoms with Crippen LogP contribution in [0.5, 0.6) is 5.75 Å². The number of ether oxygens (including phenoxy) is 2. The highest BCUT2D eigenvalue weighted by Crippen LogP contribution is 2.25. The van der Waals surface area contributed by atoms with Crippen LogP contribution in [0.15, 0.2) is 30.5 Å². The summed E-state index contributed by atoms with van der Waals surface area (Å²) >= 11 is 0. The molecule has 6 heteroatoms. The van der Waals surface area contributed by atoms with Crippen LogP contribution in [0.3, 0.4) is 0 Å². The molecule has 1 aliphatic carbocycles. The van der Waals surface area contributed by atoms with Crippen LogP contribution < -0.4 is 4.74 Å². The van der Waals surface area contributed by atoms with Crippen molar-refractivity contribution in [3.05, 3.63) is 47.3 Å². The van der Waals surface area contributed by atoms with Gasteiger partial charge in [-0.25, -0.2) is 0 Å². The maximum atomic E-state index is 12.3. The number of aromatic nitrogens is 2. The Hall–Kier alpha value is -2.81. The van der Waals surface area contributed by atoms with Crippen molar-refractivity contribution in [3.63, 3.8) is 0 Å². The number of nitriles is 1. The fourth-order valence-corrected chi connectivity index (χ4v) is 2.81. The fraction of sp³-hybridized carbons (Fsp3) is 0.389. The summed E-state index contributed by atoms with van der Waals surface area (Å²) in [4.78, 5) is 12.3. The lowest BCUT2D eigenvalue weighted by Crippen LogP contribution is -2.29. The summed E-state index contributed by atoms with van der Waals surface area (Å²) < 4.78 is 11.1. The molecule has 124 valence electrons. The van der Waals surface area contributed by atoms with Gasteiger partial charge in [0.2, 0.25) is 0 Å². The number of hydrogen-bond acceptors (Lipinski definition) is 5.